The number of aromatic nitrogens is 1. The van der Waals surface area contributed by atoms with Gasteiger partial charge >= 0.3 is 0 Å². The van der Waals surface area contributed by atoms with Gasteiger partial charge in [0.05, 0.1) is 18.3 Å². The molecule has 1 amide bonds. The molecule has 0 fully saturated rings. The number of amides is 1. The lowest BCUT2D eigenvalue weighted by molar-refractivity contribution is -0.117. The minimum absolute atomic E-state index is 0.0638. The molecule has 0 aliphatic heterocycles. The summed E-state index contributed by atoms with van der Waals surface area (Å²) in [6.07, 6.45) is 0.573. The summed E-state index contributed by atoms with van der Waals surface area (Å²) in [6.45, 7) is 4.83. The summed E-state index contributed by atoms with van der Waals surface area (Å²) in [5, 5.41) is 16.2. The van der Waals surface area contributed by atoms with Crippen molar-refractivity contribution >= 4 is 11.8 Å². The second kappa shape index (κ2) is 10.7. The molecule has 2 aromatic carbocycles. The summed E-state index contributed by atoms with van der Waals surface area (Å²) in [5.74, 6) is 0.388. The number of carbonyl (C=O) groups is 1. The topological polar surface area (TPSA) is 78.6 Å². The first-order valence-electron chi connectivity index (χ1n) is 10.3. The maximum absolute atomic E-state index is 12.8. The Labute approximate surface area is 177 Å². The Morgan fingerprint density at radius 2 is 1.67 bits per heavy atom. The van der Waals surface area contributed by atoms with Crippen molar-refractivity contribution in [2.45, 2.75) is 32.2 Å². The van der Waals surface area contributed by atoms with E-state index in [-0.39, 0.29) is 31.0 Å². The Hall–Kier alpha value is -2.96. The van der Waals surface area contributed by atoms with Crippen molar-refractivity contribution in [2.75, 3.05) is 25.0 Å². The largest absolute Gasteiger partial charge is 0.396 e. The number of benzene rings is 2. The van der Waals surface area contributed by atoms with Crippen molar-refractivity contribution in [1.29, 1.82) is 0 Å². The molecule has 0 aliphatic carbocycles. The summed E-state index contributed by atoms with van der Waals surface area (Å²) >= 11 is 0. The average Bonchev–Trinajstić information content (AvgIpc) is 3.22. The van der Waals surface area contributed by atoms with Gasteiger partial charge in [0, 0.05) is 19.2 Å². The number of nitrogens with one attached hydrogen (secondary N) is 1. The minimum Gasteiger partial charge on any atom is -0.396 e. The highest BCUT2D eigenvalue weighted by Crippen LogP contribution is 2.29. The van der Waals surface area contributed by atoms with Gasteiger partial charge in [-0.2, -0.15) is 0 Å². The van der Waals surface area contributed by atoms with E-state index in [4.69, 9.17) is 4.52 Å². The lowest BCUT2D eigenvalue weighted by Gasteiger charge is -2.32. The molecule has 0 spiro atoms. The number of rotatable bonds is 10. The maximum atomic E-state index is 12.8. The van der Waals surface area contributed by atoms with Gasteiger partial charge in [-0.25, -0.2) is 0 Å². The molecule has 6 heteroatoms. The van der Waals surface area contributed by atoms with Gasteiger partial charge < -0.3 is 9.63 Å². The van der Waals surface area contributed by atoms with Gasteiger partial charge in [0.1, 0.15) is 0 Å². The van der Waals surface area contributed by atoms with Crippen LogP contribution in [0.1, 0.15) is 49.0 Å². The number of nitrogens with zero attached hydrogens (tertiary/aromatic N) is 2. The Morgan fingerprint density at radius 1 is 1.07 bits per heavy atom. The summed E-state index contributed by atoms with van der Waals surface area (Å²) in [7, 11) is 0. The van der Waals surface area contributed by atoms with Gasteiger partial charge in [-0.15, -0.1) is 0 Å². The van der Waals surface area contributed by atoms with Gasteiger partial charge in [0.25, 0.3) is 0 Å². The first kappa shape index (κ1) is 21.7. The Kier molecular flexibility index (Phi) is 7.76. The van der Waals surface area contributed by atoms with Crippen LogP contribution in [0.15, 0.2) is 71.3 Å². The van der Waals surface area contributed by atoms with Gasteiger partial charge in [-0.1, -0.05) is 79.7 Å². The van der Waals surface area contributed by atoms with E-state index in [0.717, 1.165) is 16.8 Å². The van der Waals surface area contributed by atoms with Crippen LogP contribution in [0, 0.1) is 0 Å². The molecule has 0 saturated heterocycles. The summed E-state index contributed by atoms with van der Waals surface area (Å²) in [6, 6.07) is 21.8. The van der Waals surface area contributed by atoms with E-state index in [0.29, 0.717) is 18.8 Å². The molecular weight excluding hydrogens is 378 g/mol. The quantitative estimate of drug-likeness (QED) is 0.526. The van der Waals surface area contributed by atoms with Crippen molar-refractivity contribution in [1.82, 2.24) is 10.1 Å². The molecule has 0 bridgehead atoms. The van der Waals surface area contributed by atoms with Crippen LogP contribution in [0.4, 0.5) is 5.88 Å². The summed E-state index contributed by atoms with van der Waals surface area (Å²) in [4.78, 5) is 14.9. The molecule has 3 rings (SSSR count). The van der Waals surface area contributed by atoms with Crippen LogP contribution in [0.25, 0.3) is 0 Å². The second-order valence-electron chi connectivity index (χ2n) is 7.59. The third-order valence-electron chi connectivity index (χ3n) is 4.93. The zero-order valence-corrected chi connectivity index (χ0v) is 17.5. The molecule has 6 nitrogen and oxygen atoms in total. The van der Waals surface area contributed by atoms with Crippen LogP contribution in [-0.2, 0) is 4.79 Å². The Balaban J connectivity index is 1.83. The van der Waals surface area contributed by atoms with Crippen molar-refractivity contribution in [3.8, 4) is 0 Å². The van der Waals surface area contributed by atoms with Crippen LogP contribution in [-0.4, -0.2) is 40.8 Å². The van der Waals surface area contributed by atoms with E-state index in [1.165, 1.54) is 0 Å². The third kappa shape index (κ3) is 5.78. The highest BCUT2D eigenvalue weighted by molar-refractivity contribution is 5.91. The van der Waals surface area contributed by atoms with Crippen LogP contribution < -0.4 is 5.32 Å². The van der Waals surface area contributed by atoms with Crippen LogP contribution in [0.2, 0.25) is 0 Å². The van der Waals surface area contributed by atoms with Gasteiger partial charge in [0.2, 0.25) is 11.8 Å². The predicted octanol–water partition coefficient (Wildman–Crippen LogP) is 4.21. The molecule has 1 aromatic heterocycles. The standard InChI is InChI=1S/C24H29N3O3/c1-18(2)21-16-23(30-26-21)25-22(29)17-27(14-9-15-28)24(19-10-5-3-6-11-19)20-12-7-4-8-13-20/h3-8,10-13,16,18,24,28H,9,14-15,17H2,1-2H3,(H,25,29). The van der Waals surface area contributed by atoms with Crippen molar-refractivity contribution < 1.29 is 14.4 Å². The summed E-state index contributed by atoms with van der Waals surface area (Å²) < 4.78 is 5.25. The SMILES string of the molecule is CC(C)c1cc(NC(=O)CN(CCCO)C(c2ccccc2)c2ccccc2)on1. The first-order valence-corrected chi connectivity index (χ1v) is 10.3. The number of hydrogen-bond donors (Lipinski definition) is 2. The Bertz CT molecular complexity index is 870. The molecular formula is C24H29N3O3. The summed E-state index contributed by atoms with van der Waals surface area (Å²) in [5.41, 5.74) is 2.99. The second-order valence-corrected chi connectivity index (χ2v) is 7.59. The number of anilines is 1. The van der Waals surface area contributed by atoms with Crippen molar-refractivity contribution in [2.24, 2.45) is 0 Å². The molecule has 2 N–H and O–H groups in total. The Morgan fingerprint density at radius 3 is 2.17 bits per heavy atom. The van der Waals surface area contributed by atoms with Gasteiger partial charge in [0.15, 0.2) is 0 Å². The molecule has 30 heavy (non-hydrogen) atoms. The lowest BCUT2D eigenvalue weighted by Crippen LogP contribution is -2.37. The van der Waals surface area contributed by atoms with Crippen molar-refractivity contribution in [3.63, 3.8) is 0 Å². The predicted molar refractivity (Wildman–Crippen MR) is 117 cm³/mol. The van der Waals surface area contributed by atoms with Crippen LogP contribution in [0.3, 0.4) is 0 Å². The highest BCUT2D eigenvalue weighted by Gasteiger charge is 2.24. The smallest absolute Gasteiger partial charge is 0.240 e. The van der Waals surface area contributed by atoms with Crippen LogP contribution >= 0.6 is 0 Å². The van der Waals surface area contributed by atoms with Crippen LogP contribution in [0.5, 0.6) is 0 Å². The molecule has 0 saturated carbocycles. The van der Waals surface area contributed by atoms with Crippen molar-refractivity contribution in [3.05, 3.63) is 83.6 Å². The third-order valence-corrected chi connectivity index (χ3v) is 4.93. The van der Waals surface area contributed by atoms with Gasteiger partial charge in [-0.05, 0) is 23.5 Å². The molecule has 1 heterocycles. The van der Waals surface area contributed by atoms with E-state index < -0.39 is 0 Å². The zero-order chi connectivity index (χ0) is 21.3. The number of carbonyl (C=O) groups excluding carboxylic acids is 1. The zero-order valence-electron chi connectivity index (χ0n) is 17.5. The average molecular weight is 408 g/mol. The van der Waals surface area contributed by atoms with E-state index in [1.54, 1.807) is 6.07 Å². The minimum atomic E-state index is -0.184. The monoisotopic (exact) mass is 407 g/mol. The van der Waals surface area contributed by atoms with E-state index >= 15 is 0 Å². The van der Waals surface area contributed by atoms with E-state index in [9.17, 15) is 9.90 Å². The molecule has 158 valence electrons. The van der Waals surface area contributed by atoms with Gasteiger partial charge in [-0.3, -0.25) is 15.0 Å². The highest BCUT2D eigenvalue weighted by atomic mass is 16.5. The maximum Gasteiger partial charge on any atom is 0.240 e. The first-order chi connectivity index (χ1) is 14.6. The molecule has 0 aliphatic rings. The van der Waals surface area contributed by atoms with E-state index in [1.807, 2.05) is 50.2 Å². The normalized spacial score (nSPS) is 11.4. The lowest BCUT2D eigenvalue weighted by atomic mass is 9.96. The molecule has 3 aromatic rings. The molecule has 0 radical (unpaired) electrons. The van der Waals surface area contributed by atoms with E-state index in [2.05, 4.69) is 39.6 Å². The fraction of sp³-hybridized carbons (Fsp3) is 0.333. The fourth-order valence-corrected chi connectivity index (χ4v) is 3.44. The number of hydrogen-bond acceptors (Lipinski definition) is 5. The number of aliphatic hydroxyl groups excluding tert-OH is 1. The molecule has 0 atom stereocenters. The molecule has 0 unspecified atom stereocenters. The number of aliphatic hydroxyl groups is 1. The fourth-order valence-electron chi connectivity index (χ4n) is 3.44.